The summed E-state index contributed by atoms with van der Waals surface area (Å²) >= 11 is 1.53. The summed E-state index contributed by atoms with van der Waals surface area (Å²) in [7, 11) is 0. The van der Waals surface area contributed by atoms with Crippen molar-refractivity contribution in [1.82, 2.24) is 5.32 Å². The molecule has 3 nitrogen and oxygen atoms in total. The predicted molar refractivity (Wildman–Crippen MR) is 80.8 cm³/mol. The van der Waals surface area contributed by atoms with Gasteiger partial charge >= 0.3 is 6.18 Å². The van der Waals surface area contributed by atoms with Gasteiger partial charge in [-0.15, -0.1) is 11.3 Å². The molecule has 0 aliphatic rings. The molecule has 7 heteroatoms. The van der Waals surface area contributed by atoms with E-state index in [0.717, 1.165) is 17.0 Å². The number of benzene rings is 1. The lowest BCUT2D eigenvalue weighted by Crippen LogP contribution is -2.31. The van der Waals surface area contributed by atoms with Gasteiger partial charge in [0, 0.05) is 10.6 Å². The van der Waals surface area contributed by atoms with Gasteiger partial charge in [-0.2, -0.15) is 13.2 Å². The molecular formula is C15H15F3N2OS. The third kappa shape index (κ3) is 4.49. The predicted octanol–water partition coefficient (Wildman–Crippen LogP) is 4.06. The fraction of sp³-hybridized carbons (Fsp3) is 0.267. The van der Waals surface area contributed by atoms with E-state index >= 15 is 0 Å². The van der Waals surface area contributed by atoms with E-state index in [4.69, 9.17) is 0 Å². The summed E-state index contributed by atoms with van der Waals surface area (Å²) in [5, 5.41) is 7.40. The fourth-order valence-corrected chi connectivity index (χ4v) is 2.62. The van der Waals surface area contributed by atoms with E-state index in [1.807, 2.05) is 24.4 Å². The van der Waals surface area contributed by atoms with Crippen molar-refractivity contribution in [3.05, 3.63) is 52.2 Å². The van der Waals surface area contributed by atoms with Crippen LogP contribution < -0.4 is 10.6 Å². The van der Waals surface area contributed by atoms with Gasteiger partial charge in [-0.05, 0) is 36.6 Å². The molecule has 0 radical (unpaired) electrons. The Morgan fingerprint density at radius 1 is 1.27 bits per heavy atom. The highest BCUT2D eigenvalue weighted by Crippen LogP contribution is 2.30. The van der Waals surface area contributed by atoms with E-state index in [1.54, 1.807) is 0 Å². The quantitative estimate of drug-likeness (QED) is 0.869. The van der Waals surface area contributed by atoms with Crippen molar-refractivity contribution >= 4 is 22.9 Å². The minimum atomic E-state index is -4.40. The second-order valence-corrected chi connectivity index (χ2v) is 5.72. The molecule has 1 aromatic carbocycles. The molecule has 0 aliphatic heterocycles. The van der Waals surface area contributed by atoms with Crippen LogP contribution in [-0.2, 0) is 11.0 Å². The average Bonchev–Trinajstić information content (AvgIpc) is 2.99. The highest BCUT2D eigenvalue weighted by atomic mass is 32.1. The van der Waals surface area contributed by atoms with E-state index in [1.165, 1.54) is 23.5 Å². The van der Waals surface area contributed by atoms with E-state index in [2.05, 4.69) is 10.6 Å². The number of carbonyl (C=O) groups excluding carboxylic acids is 1. The topological polar surface area (TPSA) is 41.1 Å². The second kappa shape index (κ2) is 6.83. The molecular weight excluding hydrogens is 313 g/mol. The molecule has 1 unspecified atom stereocenters. The smallest absolute Gasteiger partial charge is 0.376 e. The molecule has 1 atom stereocenters. The molecule has 0 saturated carbocycles. The number of anilines is 1. The number of amides is 1. The van der Waals surface area contributed by atoms with Gasteiger partial charge in [0.15, 0.2) is 0 Å². The summed E-state index contributed by atoms with van der Waals surface area (Å²) in [5.41, 5.74) is -0.487. The lowest BCUT2D eigenvalue weighted by atomic mass is 10.2. The Balaban J connectivity index is 1.89. The molecule has 2 aromatic rings. The van der Waals surface area contributed by atoms with Gasteiger partial charge in [-0.1, -0.05) is 12.1 Å². The first-order valence-corrected chi connectivity index (χ1v) is 7.48. The number of hydrogen-bond acceptors (Lipinski definition) is 3. The third-order valence-corrected chi connectivity index (χ3v) is 4.05. The van der Waals surface area contributed by atoms with Crippen molar-refractivity contribution in [2.45, 2.75) is 19.1 Å². The summed E-state index contributed by atoms with van der Waals surface area (Å²) in [6.07, 6.45) is -4.40. The zero-order valence-corrected chi connectivity index (χ0v) is 12.6. The van der Waals surface area contributed by atoms with E-state index < -0.39 is 11.7 Å². The largest absolute Gasteiger partial charge is 0.416 e. The Hall–Kier alpha value is -2.02. The molecule has 0 fully saturated rings. The first kappa shape index (κ1) is 16.4. The van der Waals surface area contributed by atoms with Gasteiger partial charge in [0.1, 0.15) is 0 Å². The van der Waals surface area contributed by atoms with Crippen molar-refractivity contribution < 1.29 is 18.0 Å². The van der Waals surface area contributed by atoms with Crippen LogP contribution in [-0.4, -0.2) is 12.5 Å². The lowest BCUT2D eigenvalue weighted by molar-refractivity contribution is -0.137. The van der Waals surface area contributed by atoms with Crippen LogP contribution in [0.5, 0.6) is 0 Å². The number of nitrogens with one attached hydrogen (secondary N) is 2. The Morgan fingerprint density at radius 2 is 2.05 bits per heavy atom. The van der Waals surface area contributed by atoms with Crippen molar-refractivity contribution in [1.29, 1.82) is 0 Å². The van der Waals surface area contributed by atoms with Gasteiger partial charge in [0.25, 0.3) is 0 Å². The highest BCUT2D eigenvalue weighted by Gasteiger charge is 2.30. The Labute approximate surface area is 130 Å². The molecule has 2 rings (SSSR count). The Kier molecular flexibility index (Phi) is 5.07. The zero-order valence-electron chi connectivity index (χ0n) is 11.8. The standard InChI is InChI=1S/C15H15F3N2OS/c1-10(13-6-3-7-22-13)20-14(21)9-19-12-5-2-4-11(8-12)15(16,17)18/h2-8,10,19H,9H2,1H3,(H,20,21). The maximum Gasteiger partial charge on any atom is 0.416 e. The number of rotatable bonds is 5. The second-order valence-electron chi connectivity index (χ2n) is 4.74. The number of carbonyl (C=O) groups is 1. The minimum Gasteiger partial charge on any atom is -0.376 e. The van der Waals surface area contributed by atoms with Gasteiger partial charge in [0.2, 0.25) is 5.91 Å². The van der Waals surface area contributed by atoms with E-state index in [9.17, 15) is 18.0 Å². The van der Waals surface area contributed by atoms with E-state index in [0.29, 0.717) is 0 Å². The van der Waals surface area contributed by atoms with Crippen molar-refractivity contribution in [3.63, 3.8) is 0 Å². The SMILES string of the molecule is CC(NC(=O)CNc1cccc(C(F)(F)F)c1)c1cccs1. The van der Waals surface area contributed by atoms with Crippen LogP contribution in [0.4, 0.5) is 18.9 Å². The third-order valence-electron chi connectivity index (χ3n) is 2.99. The average molecular weight is 328 g/mol. The van der Waals surface area contributed by atoms with Gasteiger partial charge < -0.3 is 10.6 Å². The summed E-state index contributed by atoms with van der Waals surface area (Å²) < 4.78 is 37.8. The molecule has 0 bridgehead atoms. The fourth-order valence-electron chi connectivity index (χ4n) is 1.89. The highest BCUT2D eigenvalue weighted by molar-refractivity contribution is 7.10. The molecule has 1 amide bonds. The van der Waals surface area contributed by atoms with Crippen molar-refractivity contribution in [3.8, 4) is 0 Å². The molecule has 118 valence electrons. The van der Waals surface area contributed by atoms with Crippen LogP contribution >= 0.6 is 11.3 Å². The molecule has 0 saturated heterocycles. The van der Waals surface area contributed by atoms with Gasteiger partial charge in [0.05, 0.1) is 18.2 Å². The molecule has 22 heavy (non-hydrogen) atoms. The minimum absolute atomic E-state index is 0.0863. The van der Waals surface area contributed by atoms with Crippen LogP contribution in [0.15, 0.2) is 41.8 Å². The summed E-state index contributed by atoms with van der Waals surface area (Å²) in [6.45, 7) is 1.77. The molecule has 0 aliphatic carbocycles. The first-order chi connectivity index (χ1) is 10.4. The summed E-state index contributed by atoms with van der Waals surface area (Å²) in [6, 6.07) is 8.44. The van der Waals surface area contributed by atoms with Crippen molar-refractivity contribution in [2.24, 2.45) is 0 Å². The maximum absolute atomic E-state index is 12.6. The van der Waals surface area contributed by atoms with Crippen LogP contribution in [0, 0.1) is 0 Å². The van der Waals surface area contributed by atoms with Crippen LogP contribution in [0.1, 0.15) is 23.4 Å². The normalized spacial score (nSPS) is 12.7. The lowest BCUT2D eigenvalue weighted by Gasteiger charge is -2.14. The number of thiophene rings is 1. The first-order valence-electron chi connectivity index (χ1n) is 6.60. The Morgan fingerprint density at radius 3 is 2.68 bits per heavy atom. The van der Waals surface area contributed by atoms with Gasteiger partial charge in [-0.3, -0.25) is 4.79 Å². The number of halogens is 3. The summed E-state index contributed by atoms with van der Waals surface area (Å²) in [4.78, 5) is 12.8. The molecule has 1 heterocycles. The Bertz CT molecular complexity index is 626. The van der Waals surface area contributed by atoms with E-state index in [-0.39, 0.29) is 24.2 Å². The maximum atomic E-state index is 12.6. The number of alkyl halides is 3. The monoisotopic (exact) mass is 328 g/mol. The van der Waals surface area contributed by atoms with Crippen LogP contribution in [0.3, 0.4) is 0 Å². The van der Waals surface area contributed by atoms with Gasteiger partial charge in [-0.25, -0.2) is 0 Å². The van der Waals surface area contributed by atoms with Crippen molar-refractivity contribution in [2.75, 3.05) is 11.9 Å². The van der Waals surface area contributed by atoms with Crippen LogP contribution in [0.2, 0.25) is 0 Å². The molecule has 0 spiro atoms. The summed E-state index contributed by atoms with van der Waals surface area (Å²) in [5.74, 6) is -0.279. The molecule has 1 aromatic heterocycles. The van der Waals surface area contributed by atoms with Crippen LogP contribution in [0.25, 0.3) is 0 Å². The molecule has 2 N–H and O–H groups in total. The zero-order chi connectivity index (χ0) is 16.2. The number of hydrogen-bond donors (Lipinski definition) is 2.